The molecule has 0 aliphatic carbocycles. The number of carbonyl (C=O) groups is 1. The number of rotatable bonds is 6. The highest BCUT2D eigenvalue weighted by molar-refractivity contribution is 9.11. The molecule has 2 nitrogen and oxygen atoms in total. The minimum Gasteiger partial charge on any atom is -0.335 e. The molecule has 17 heavy (non-hydrogen) atoms. The Labute approximate surface area is 124 Å². The second-order valence-corrected chi connectivity index (χ2v) is 6.88. The molecule has 1 aromatic heterocycles. The Morgan fingerprint density at radius 3 is 2.53 bits per heavy atom. The molecule has 1 amide bonds. The van der Waals surface area contributed by atoms with Crippen LogP contribution in [0.1, 0.15) is 37.0 Å². The van der Waals surface area contributed by atoms with Gasteiger partial charge in [0, 0.05) is 23.3 Å². The van der Waals surface area contributed by atoms with E-state index >= 15 is 0 Å². The van der Waals surface area contributed by atoms with Gasteiger partial charge in [0.25, 0.3) is 5.91 Å². The third kappa shape index (κ3) is 4.07. The number of halogens is 2. The molecule has 0 aromatic carbocycles. The number of amides is 1. The van der Waals surface area contributed by atoms with Gasteiger partial charge in [-0.2, -0.15) is 0 Å². The maximum Gasteiger partial charge on any atom is 0.255 e. The van der Waals surface area contributed by atoms with E-state index in [1.54, 1.807) is 11.3 Å². The summed E-state index contributed by atoms with van der Waals surface area (Å²) in [4.78, 5) is 14.4. The first-order valence-electron chi connectivity index (χ1n) is 5.74. The van der Waals surface area contributed by atoms with Crippen molar-refractivity contribution >= 4 is 49.1 Å². The Kier molecular flexibility index (Phi) is 6.74. The lowest BCUT2D eigenvalue weighted by atomic mass is 10.1. The van der Waals surface area contributed by atoms with Crippen LogP contribution in [0.4, 0.5) is 0 Å². The van der Waals surface area contributed by atoms with Crippen molar-refractivity contribution < 1.29 is 4.79 Å². The van der Waals surface area contributed by atoms with E-state index in [9.17, 15) is 4.79 Å². The number of nitrogens with zero attached hydrogens (tertiary/aromatic N) is 1. The van der Waals surface area contributed by atoms with Crippen LogP contribution >= 0.6 is 43.2 Å². The van der Waals surface area contributed by atoms with E-state index in [1.807, 2.05) is 16.3 Å². The normalized spacial score (nSPS) is 10.9. The first kappa shape index (κ1) is 15.2. The van der Waals surface area contributed by atoms with Crippen molar-refractivity contribution in [3.63, 3.8) is 0 Å². The Balaban J connectivity index is 2.86. The first-order chi connectivity index (χ1) is 8.13. The molecule has 0 radical (unpaired) electrons. The molecule has 96 valence electrons. The van der Waals surface area contributed by atoms with E-state index in [2.05, 4.69) is 45.7 Å². The maximum absolute atomic E-state index is 12.4. The van der Waals surface area contributed by atoms with Crippen molar-refractivity contribution in [1.82, 2.24) is 4.90 Å². The van der Waals surface area contributed by atoms with Crippen molar-refractivity contribution in [3.05, 3.63) is 20.8 Å². The molecule has 0 aliphatic rings. The number of alkyl halides is 1. The molecule has 0 N–H and O–H groups in total. The Bertz CT molecular complexity index is 363. The molecular weight excluding hydrogens is 366 g/mol. The SMILES string of the molecule is CCC(CC)N(CCBr)C(=O)c1csc(Br)c1. The second kappa shape index (κ2) is 7.54. The highest BCUT2D eigenvalue weighted by Gasteiger charge is 2.22. The van der Waals surface area contributed by atoms with Gasteiger partial charge < -0.3 is 4.90 Å². The van der Waals surface area contributed by atoms with Crippen LogP contribution < -0.4 is 0 Å². The van der Waals surface area contributed by atoms with Gasteiger partial charge in [-0.15, -0.1) is 11.3 Å². The van der Waals surface area contributed by atoms with E-state index in [0.717, 1.165) is 34.1 Å². The van der Waals surface area contributed by atoms with Gasteiger partial charge in [-0.05, 0) is 34.8 Å². The lowest BCUT2D eigenvalue weighted by Crippen LogP contribution is -2.40. The molecule has 0 saturated heterocycles. The lowest BCUT2D eigenvalue weighted by molar-refractivity contribution is 0.0683. The summed E-state index contributed by atoms with van der Waals surface area (Å²) in [5.74, 6) is 0.139. The predicted molar refractivity (Wildman–Crippen MR) is 81.2 cm³/mol. The van der Waals surface area contributed by atoms with Crippen LogP contribution in [-0.2, 0) is 0 Å². The summed E-state index contributed by atoms with van der Waals surface area (Å²) < 4.78 is 1.00. The van der Waals surface area contributed by atoms with E-state index in [4.69, 9.17) is 0 Å². The predicted octanol–water partition coefficient (Wildman–Crippen LogP) is 4.54. The molecule has 0 saturated carbocycles. The zero-order chi connectivity index (χ0) is 12.8. The van der Waals surface area contributed by atoms with Crippen molar-refractivity contribution in [2.75, 3.05) is 11.9 Å². The van der Waals surface area contributed by atoms with Gasteiger partial charge in [0.05, 0.1) is 9.35 Å². The fourth-order valence-electron chi connectivity index (χ4n) is 1.86. The minimum atomic E-state index is 0.139. The zero-order valence-electron chi connectivity index (χ0n) is 10.1. The standard InChI is InChI=1S/C12H17Br2NOS/c1-3-10(4-2)15(6-5-13)12(16)9-7-11(14)17-8-9/h7-8,10H,3-6H2,1-2H3. The Morgan fingerprint density at radius 1 is 1.47 bits per heavy atom. The summed E-state index contributed by atoms with van der Waals surface area (Å²) in [6.45, 7) is 5.02. The number of hydrogen-bond acceptors (Lipinski definition) is 2. The van der Waals surface area contributed by atoms with Crippen molar-refractivity contribution in [2.24, 2.45) is 0 Å². The number of hydrogen-bond donors (Lipinski definition) is 0. The maximum atomic E-state index is 12.4. The van der Waals surface area contributed by atoms with Gasteiger partial charge in [-0.1, -0.05) is 29.8 Å². The lowest BCUT2D eigenvalue weighted by Gasteiger charge is -2.29. The quantitative estimate of drug-likeness (QED) is 0.661. The second-order valence-electron chi connectivity index (χ2n) is 3.80. The largest absolute Gasteiger partial charge is 0.335 e. The summed E-state index contributed by atoms with van der Waals surface area (Å²) in [6, 6.07) is 2.23. The van der Waals surface area contributed by atoms with Gasteiger partial charge in [0.1, 0.15) is 0 Å². The highest BCUT2D eigenvalue weighted by atomic mass is 79.9. The Morgan fingerprint density at radius 2 is 2.12 bits per heavy atom. The van der Waals surface area contributed by atoms with E-state index in [-0.39, 0.29) is 5.91 Å². The minimum absolute atomic E-state index is 0.139. The summed E-state index contributed by atoms with van der Waals surface area (Å²) >= 11 is 8.37. The van der Waals surface area contributed by atoms with E-state index < -0.39 is 0 Å². The molecule has 1 aromatic rings. The monoisotopic (exact) mass is 381 g/mol. The van der Waals surface area contributed by atoms with Gasteiger partial charge in [0.2, 0.25) is 0 Å². The van der Waals surface area contributed by atoms with Crippen LogP contribution in [0.15, 0.2) is 15.2 Å². The van der Waals surface area contributed by atoms with Crippen LogP contribution in [0.5, 0.6) is 0 Å². The molecule has 0 spiro atoms. The van der Waals surface area contributed by atoms with Gasteiger partial charge in [0.15, 0.2) is 0 Å². The van der Waals surface area contributed by atoms with Crippen molar-refractivity contribution in [2.45, 2.75) is 32.7 Å². The fraction of sp³-hybridized carbons (Fsp3) is 0.583. The summed E-state index contributed by atoms with van der Waals surface area (Å²) in [7, 11) is 0. The first-order valence-corrected chi connectivity index (χ1v) is 8.54. The highest BCUT2D eigenvalue weighted by Crippen LogP contribution is 2.23. The topological polar surface area (TPSA) is 20.3 Å². The van der Waals surface area contributed by atoms with Crippen molar-refractivity contribution in [1.29, 1.82) is 0 Å². The van der Waals surface area contributed by atoms with Crippen LogP contribution in [0.2, 0.25) is 0 Å². The molecule has 5 heteroatoms. The molecule has 0 unspecified atom stereocenters. The molecule has 1 heterocycles. The van der Waals surface area contributed by atoms with E-state index in [0.29, 0.717) is 6.04 Å². The van der Waals surface area contributed by atoms with Crippen LogP contribution in [0.3, 0.4) is 0 Å². The third-order valence-corrected chi connectivity index (χ3v) is 4.64. The van der Waals surface area contributed by atoms with E-state index in [1.165, 1.54) is 0 Å². The zero-order valence-corrected chi connectivity index (χ0v) is 14.1. The molecular formula is C12H17Br2NOS. The third-order valence-electron chi connectivity index (χ3n) is 2.78. The Hall–Kier alpha value is 0.130. The molecule has 0 fully saturated rings. The molecule has 0 aliphatic heterocycles. The number of carbonyl (C=O) groups excluding carboxylic acids is 1. The van der Waals surface area contributed by atoms with Crippen molar-refractivity contribution in [3.8, 4) is 0 Å². The van der Waals surface area contributed by atoms with Crippen LogP contribution in [0.25, 0.3) is 0 Å². The summed E-state index contributed by atoms with van der Waals surface area (Å²) in [5, 5.41) is 2.73. The fourth-order valence-corrected chi connectivity index (χ4v) is 3.37. The smallest absolute Gasteiger partial charge is 0.255 e. The van der Waals surface area contributed by atoms with Gasteiger partial charge >= 0.3 is 0 Å². The van der Waals surface area contributed by atoms with Crippen LogP contribution in [0, 0.1) is 0 Å². The molecule has 0 bridgehead atoms. The van der Waals surface area contributed by atoms with Gasteiger partial charge in [-0.25, -0.2) is 0 Å². The average molecular weight is 383 g/mol. The van der Waals surface area contributed by atoms with Gasteiger partial charge in [-0.3, -0.25) is 4.79 Å². The summed E-state index contributed by atoms with van der Waals surface area (Å²) in [5.41, 5.74) is 0.787. The molecule has 1 rings (SSSR count). The van der Waals surface area contributed by atoms with Crippen LogP contribution in [-0.4, -0.2) is 28.7 Å². The summed E-state index contributed by atoms with van der Waals surface area (Å²) in [6.07, 6.45) is 2.00. The molecule has 0 atom stereocenters. The number of thiophene rings is 1. The average Bonchev–Trinajstić information content (AvgIpc) is 2.75.